The molecule has 0 radical (unpaired) electrons. The van der Waals surface area contributed by atoms with Crippen molar-refractivity contribution >= 4 is 17.6 Å². The van der Waals surface area contributed by atoms with E-state index >= 15 is 0 Å². The third kappa shape index (κ3) is 6.13. The summed E-state index contributed by atoms with van der Waals surface area (Å²) in [4.78, 5) is 24.3. The highest BCUT2D eigenvalue weighted by Gasteiger charge is 2.17. The molecule has 2 aromatic rings. The van der Waals surface area contributed by atoms with Crippen molar-refractivity contribution in [3.63, 3.8) is 0 Å². The summed E-state index contributed by atoms with van der Waals surface area (Å²) in [7, 11) is 0. The fourth-order valence-corrected chi connectivity index (χ4v) is 2.45. The minimum atomic E-state index is -0.708. The van der Waals surface area contributed by atoms with E-state index in [1.165, 1.54) is 0 Å². The number of nitrogens with one attached hydrogen (secondary N) is 1. The van der Waals surface area contributed by atoms with Crippen molar-refractivity contribution in [3.8, 4) is 5.75 Å². The summed E-state index contributed by atoms with van der Waals surface area (Å²) in [6.45, 7) is 8.00. The first-order valence-corrected chi connectivity index (χ1v) is 9.23. The summed E-state index contributed by atoms with van der Waals surface area (Å²) in [5.74, 6) is 0.194. The number of rotatable bonds is 8. The minimum absolute atomic E-state index is 0.188. The zero-order valence-electron chi connectivity index (χ0n) is 16.3. The summed E-state index contributed by atoms with van der Waals surface area (Å²) in [6, 6.07) is 14.4. The number of para-hydroxylation sites is 1. The third-order valence-electron chi connectivity index (χ3n) is 3.97. The molecule has 5 nitrogen and oxygen atoms in total. The van der Waals surface area contributed by atoms with Gasteiger partial charge in [-0.1, -0.05) is 39.0 Å². The van der Waals surface area contributed by atoms with E-state index in [0.717, 1.165) is 17.7 Å². The maximum Gasteiger partial charge on any atom is 0.347 e. The first kappa shape index (κ1) is 20.5. The van der Waals surface area contributed by atoms with Gasteiger partial charge in [-0.05, 0) is 55.2 Å². The molecule has 27 heavy (non-hydrogen) atoms. The van der Waals surface area contributed by atoms with E-state index in [9.17, 15) is 9.59 Å². The fraction of sp³-hybridized carbons (Fsp3) is 0.364. The van der Waals surface area contributed by atoms with Crippen molar-refractivity contribution in [1.29, 1.82) is 0 Å². The zero-order valence-corrected chi connectivity index (χ0v) is 16.3. The summed E-state index contributed by atoms with van der Waals surface area (Å²) in [5.41, 5.74) is 2.41. The van der Waals surface area contributed by atoms with Crippen LogP contribution in [0.25, 0.3) is 0 Å². The van der Waals surface area contributed by atoms with Gasteiger partial charge in [-0.15, -0.1) is 0 Å². The molecule has 2 aromatic carbocycles. The van der Waals surface area contributed by atoms with Crippen LogP contribution >= 0.6 is 0 Å². The van der Waals surface area contributed by atoms with Gasteiger partial charge in [0.25, 0.3) is 5.91 Å². The molecule has 0 aliphatic heterocycles. The van der Waals surface area contributed by atoms with Crippen molar-refractivity contribution in [1.82, 2.24) is 0 Å². The molecule has 0 fully saturated rings. The van der Waals surface area contributed by atoms with Crippen LogP contribution in [0.15, 0.2) is 48.5 Å². The van der Waals surface area contributed by atoms with Crippen molar-refractivity contribution < 1.29 is 19.1 Å². The number of amides is 1. The Hall–Kier alpha value is -2.82. The quantitative estimate of drug-likeness (QED) is 0.698. The molecule has 0 spiro atoms. The number of anilines is 1. The molecule has 1 unspecified atom stereocenters. The first-order chi connectivity index (χ1) is 12.9. The number of carbonyl (C=O) groups is 2. The molecule has 5 heteroatoms. The van der Waals surface area contributed by atoms with Gasteiger partial charge in [-0.25, -0.2) is 4.79 Å². The molecule has 0 heterocycles. The smallest absolute Gasteiger partial charge is 0.347 e. The van der Waals surface area contributed by atoms with Crippen molar-refractivity contribution in [3.05, 3.63) is 59.7 Å². The van der Waals surface area contributed by atoms with Crippen LogP contribution in [0.3, 0.4) is 0 Å². The fourth-order valence-electron chi connectivity index (χ4n) is 2.45. The molecule has 2 rings (SSSR count). The minimum Gasteiger partial charge on any atom is -0.479 e. The van der Waals surface area contributed by atoms with Crippen molar-refractivity contribution in [2.24, 2.45) is 5.92 Å². The van der Waals surface area contributed by atoms with E-state index in [2.05, 4.69) is 5.32 Å². The zero-order chi connectivity index (χ0) is 19.8. The molecule has 0 aromatic heterocycles. The Kier molecular flexibility index (Phi) is 7.41. The topological polar surface area (TPSA) is 64.6 Å². The molecule has 0 aliphatic carbocycles. The number of esters is 1. The third-order valence-corrected chi connectivity index (χ3v) is 3.97. The molecule has 1 N–H and O–H groups in total. The lowest BCUT2D eigenvalue weighted by atomic mass is 10.1. The molecule has 0 saturated carbocycles. The highest BCUT2D eigenvalue weighted by atomic mass is 16.6. The molecule has 1 atom stereocenters. The van der Waals surface area contributed by atoms with E-state index < -0.39 is 12.1 Å². The van der Waals surface area contributed by atoms with Crippen LogP contribution in [0, 0.1) is 5.92 Å². The Morgan fingerprint density at radius 1 is 1.00 bits per heavy atom. The van der Waals surface area contributed by atoms with Crippen molar-refractivity contribution in [2.45, 2.75) is 40.2 Å². The van der Waals surface area contributed by atoms with Crippen LogP contribution in [0.5, 0.6) is 5.75 Å². The van der Waals surface area contributed by atoms with Gasteiger partial charge in [0.05, 0.1) is 6.61 Å². The lowest BCUT2D eigenvalue weighted by Gasteiger charge is -2.15. The second kappa shape index (κ2) is 9.76. The summed E-state index contributed by atoms with van der Waals surface area (Å²) in [6.07, 6.45) is 0.133. The number of hydrogen-bond donors (Lipinski definition) is 1. The number of benzene rings is 2. The Bertz CT molecular complexity index is 768. The maximum absolute atomic E-state index is 12.4. The van der Waals surface area contributed by atoms with Crippen molar-refractivity contribution in [2.75, 3.05) is 11.9 Å². The van der Waals surface area contributed by atoms with Gasteiger partial charge < -0.3 is 14.8 Å². The standard InChI is InChI=1S/C22H27NO4/c1-5-17-8-6-7-9-20(17)23-21(24)18-10-12-19(13-11-18)27-16(4)22(25)26-14-15(2)3/h6-13,15-16H,5,14H2,1-4H3,(H,23,24). The Balaban J connectivity index is 1.96. The molecule has 0 aliphatic rings. The number of carbonyl (C=O) groups excluding carboxylic acids is 2. The monoisotopic (exact) mass is 369 g/mol. The molecular weight excluding hydrogens is 342 g/mol. The number of hydrogen-bond acceptors (Lipinski definition) is 4. The molecule has 1 amide bonds. The van der Waals surface area contributed by atoms with Gasteiger partial charge in [0.1, 0.15) is 5.75 Å². The van der Waals surface area contributed by atoms with Crippen LogP contribution in [-0.2, 0) is 16.0 Å². The Morgan fingerprint density at radius 2 is 1.67 bits per heavy atom. The van der Waals surface area contributed by atoms with Crippen LogP contribution in [0.4, 0.5) is 5.69 Å². The number of ether oxygens (including phenoxy) is 2. The van der Waals surface area contributed by atoms with Crippen LogP contribution in [-0.4, -0.2) is 24.6 Å². The SMILES string of the molecule is CCc1ccccc1NC(=O)c1ccc(OC(C)C(=O)OCC(C)C)cc1. The summed E-state index contributed by atoms with van der Waals surface area (Å²) >= 11 is 0. The molecular formula is C22H27NO4. The number of aryl methyl sites for hydroxylation is 1. The second-order valence-electron chi connectivity index (χ2n) is 6.77. The average Bonchev–Trinajstić information content (AvgIpc) is 2.66. The van der Waals surface area contributed by atoms with E-state index in [-0.39, 0.29) is 11.8 Å². The summed E-state index contributed by atoms with van der Waals surface area (Å²) < 4.78 is 10.8. The molecule has 144 valence electrons. The van der Waals surface area contributed by atoms with E-state index in [1.807, 2.05) is 45.0 Å². The molecule has 0 bridgehead atoms. The lowest BCUT2D eigenvalue weighted by Crippen LogP contribution is -2.27. The highest BCUT2D eigenvalue weighted by molar-refractivity contribution is 6.04. The maximum atomic E-state index is 12.4. The van der Waals surface area contributed by atoms with E-state index in [4.69, 9.17) is 9.47 Å². The normalized spacial score (nSPS) is 11.7. The van der Waals surface area contributed by atoms with Gasteiger partial charge in [0, 0.05) is 11.3 Å². The van der Waals surface area contributed by atoms with Gasteiger partial charge in [-0.2, -0.15) is 0 Å². The largest absolute Gasteiger partial charge is 0.479 e. The summed E-state index contributed by atoms with van der Waals surface area (Å²) in [5, 5.41) is 2.93. The Labute approximate surface area is 160 Å². The van der Waals surface area contributed by atoms with E-state index in [1.54, 1.807) is 31.2 Å². The average molecular weight is 369 g/mol. The Morgan fingerprint density at radius 3 is 2.30 bits per heavy atom. The van der Waals surface area contributed by atoms with Gasteiger partial charge in [-0.3, -0.25) is 4.79 Å². The van der Waals surface area contributed by atoms with Gasteiger partial charge in [0.2, 0.25) is 0 Å². The van der Waals surface area contributed by atoms with Crippen LogP contribution in [0.1, 0.15) is 43.6 Å². The highest BCUT2D eigenvalue weighted by Crippen LogP contribution is 2.19. The van der Waals surface area contributed by atoms with Crippen LogP contribution in [0.2, 0.25) is 0 Å². The lowest BCUT2D eigenvalue weighted by molar-refractivity contribution is -0.152. The molecule has 0 saturated heterocycles. The second-order valence-corrected chi connectivity index (χ2v) is 6.77. The van der Waals surface area contributed by atoms with Crippen LogP contribution < -0.4 is 10.1 Å². The van der Waals surface area contributed by atoms with E-state index in [0.29, 0.717) is 17.9 Å². The predicted octanol–water partition coefficient (Wildman–Crippen LogP) is 4.47. The van der Waals surface area contributed by atoms with Gasteiger partial charge in [0.15, 0.2) is 6.10 Å². The van der Waals surface area contributed by atoms with Gasteiger partial charge >= 0.3 is 5.97 Å². The first-order valence-electron chi connectivity index (χ1n) is 9.23. The predicted molar refractivity (Wildman–Crippen MR) is 106 cm³/mol.